The zero-order valence-electron chi connectivity index (χ0n) is 14.3. The predicted octanol–water partition coefficient (Wildman–Crippen LogP) is 5.17. The fraction of sp³-hybridized carbons (Fsp3) is 0.100. The van der Waals surface area contributed by atoms with Gasteiger partial charge in [-0.1, -0.05) is 46.3 Å². The average Bonchev–Trinajstić information content (AvgIpc) is 2.68. The number of aromatic nitrogens is 1. The van der Waals surface area contributed by atoms with E-state index in [2.05, 4.69) is 36.8 Å². The Morgan fingerprint density at radius 2 is 1.86 bits per heavy atom. The minimum Gasteiger partial charge on any atom is -0.506 e. The Hall–Kier alpha value is -2.45. The molecule has 5 nitrogen and oxygen atoms in total. The summed E-state index contributed by atoms with van der Waals surface area (Å²) in [6, 6.07) is 13.8. The fourth-order valence-corrected chi connectivity index (χ4v) is 3.96. The molecule has 0 aliphatic carbocycles. The van der Waals surface area contributed by atoms with Crippen molar-refractivity contribution in [1.29, 1.82) is 0 Å². The van der Waals surface area contributed by atoms with Crippen LogP contribution in [0.1, 0.15) is 11.3 Å². The number of benzene rings is 2. The van der Waals surface area contributed by atoms with E-state index < -0.39 is 18.4 Å². The van der Waals surface area contributed by atoms with Crippen LogP contribution in [0, 0.1) is 5.82 Å². The third-order valence-corrected chi connectivity index (χ3v) is 5.44. The molecule has 3 rings (SSSR count). The first-order valence-corrected chi connectivity index (χ1v) is 9.70. The minimum absolute atomic E-state index is 0.0525. The Bertz CT molecular complexity index is 1030. The maximum Gasteiger partial charge on any atom is 0.341 e. The van der Waals surface area contributed by atoms with E-state index in [0.29, 0.717) is 21.4 Å². The van der Waals surface area contributed by atoms with E-state index in [1.54, 1.807) is 12.1 Å². The molecule has 2 N–H and O–H groups in total. The van der Waals surface area contributed by atoms with E-state index in [9.17, 15) is 14.3 Å². The van der Waals surface area contributed by atoms with E-state index in [4.69, 9.17) is 9.84 Å². The number of rotatable bonds is 6. The molecule has 0 aliphatic heterocycles. The van der Waals surface area contributed by atoms with Gasteiger partial charge in [0.1, 0.15) is 11.4 Å². The summed E-state index contributed by atoms with van der Waals surface area (Å²) in [6.07, 6.45) is 0.275. The molecular weight excluding hydrogens is 497 g/mol. The molecule has 2 aromatic carbocycles. The van der Waals surface area contributed by atoms with Gasteiger partial charge >= 0.3 is 5.97 Å². The number of carbonyl (C=O) groups is 1. The van der Waals surface area contributed by atoms with Gasteiger partial charge in [-0.05, 0) is 39.7 Å². The van der Waals surface area contributed by atoms with Crippen molar-refractivity contribution in [3.63, 3.8) is 0 Å². The van der Waals surface area contributed by atoms with Crippen LogP contribution < -0.4 is 4.74 Å². The number of pyridine rings is 1. The summed E-state index contributed by atoms with van der Waals surface area (Å²) in [5.74, 6) is -2.01. The van der Waals surface area contributed by atoms with Gasteiger partial charge in [-0.2, -0.15) is 0 Å². The van der Waals surface area contributed by atoms with E-state index in [0.717, 1.165) is 5.56 Å². The number of carboxylic acids is 1. The van der Waals surface area contributed by atoms with Crippen LogP contribution in [0.15, 0.2) is 57.5 Å². The molecule has 0 saturated heterocycles. The Labute approximate surface area is 177 Å². The van der Waals surface area contributed by atoms with Crippen molar-refractivity contribution in [3.05, 3.63) is 74.6 Å². The van der Waals surface area contributed by atoms with Crippen LogP contribution in [0.2, 0.25) is 0 Å². The molecule has 0 unspecified atom stereocenters. The molecule has 0 bridgehead atoms. The number of carboxylic acid groups (broad SMARTS) is 1. The van der Waals surface area contributed by atoms with Crippen molar-refractivity contribution in [2.24, 2.45) is 0 Å². The molecule has 1 aromatic heterocycles. The van der Waals surface area contributed by atoms with Crippen molar-refractivity contribution in [2.45, 2.75) is 6.42 Å². The first kappa shape index (κ1) is 20.3. The monoisotopic (exact) mass is 509 g/mol. The topological polar surface area (TPSA) is 79.7 Å². The SMILES string of the molecule is O=C(O)COc1cc(Br)c(Cc2ccc(O)c(-c3ccccc3)n2)c(Br)c1F. The van der Waals surface area contributed by atoms with Gasteiger partial charge < -0.3 is 14.9 Å². The lowest BCUT2D eigenvalue weighted by Gasteiger charge is -2.13. The summed E-state index contributed by atoms with van der Waals surface area (Å²) in [6.45, 7) is -0.644. The van der Waals surface area contributed by atoms with Crippen molar-refractivity contribution in [1.82, 2.24) is 4.98 Å². The van der Waals surface area contributed by atoms with Gasteiger partial charge in [0.2, 0.25) is 0 Å². The number of ether oxygens (including phenoxy) is 1. The van der Waals surface area contributed by atoms with Crippen molar-refractivity contribution in [2.75, 3.05) is 6.61 Å². The average molecular weight is 511 g/mol. The second kappa shape index (κ2) is 8.70. The molecule has 0 saturated carbocycles. The highest BCUT2D eigenvalue weighted by atomic mass is 79.9. The Balaban J connectivity index is 1.94. The van der Waals surface area contributed by atoms with Crippen LogP contribution in [0.4, 0.5) is 4.39 Å². The van der Waals surface area contributed by atoms with Gasteiger partial charge in [-0.25, -0.2) is 14.2 Å². The van der Waals surface area contributed by atoms with Gasteiger partial charge in [0.25, 0.3) is 0 Å². The van der Waals surface area contributed by atoms with Crippen LogP contribution in [0.5, 0.6) is 11.5 Å². The number of nitrogens with zero attached hydrogens (tertiary/aromatic N) is 1. The number of hydrogen-bond donors (Lipinski definition) is 2. The van der Waals surface area contributed by atoms with Crippen LogP contribution >= 0.6 is 31.9 Å². The van der Waals surface area contributed by atoms with Crippen LogP contribution in [0.3, 0.4) is 0 Å². The number of halogens is 3. The molecule has 0 fully saturated rings. The van der Waals surface area contributed by atoms with Crippen LogP contribution in [-0.4, -0.2) is 27.8 Å². The summed E-state index contributed by atoms with van der Waals surface area (Å²) in [5.41, 5.74) is 2.41. The van der Waals surface area contributed by atoms with Gasteiger partial charge in [0.15, 0.2) is 18.2 Å². The van der Waals surface area contributed by atoms with Crippen molar-refractivity contribution in [3.8, 4) is 22.8 Å². The molecule has 0 atom stereocenters. The standard InChI is InChI=1S/C20H14Br2FNO4/c21-14-9-16(28-10-17(26)27)19(23)18(22)13(14)8-12-6-7-15(25)20(24-12)11-4-2-1-3-5-11/h1-7,9,25H,8,10H2,(H,26,27). The smallest absolute Gasteiger partial charge is 0.341 e. The van der Waals surface area contributed by atoms with Crippen LogP contribution in [0.25, 0.3) is 11.3 Å². The molecule has 0 aliphatic rings. The first-order valence-electron chi connectivity index (χ1n) is 8.12. The zero-order chi connectivity index (χ0) is 20.3. The second-order valence-corrected chi connectivity index (χ2v) is 7.51. The molecule has 0 spiro atoms. The number of aromatic hydroxyl groups is 1. The molecule has 28 heavy (non-hydrogen) atoms. The highest BCUT2D eigenvalue weighted by molar-refractivity contribution is 9.11. The summed E-state index contributed by atoms with van der Waals surface area (Å²) >= 11 is 6.59. The Morgan fingerprint density at radius 1 is 1.14 bits per heavy atom. The lowest BCUT2D eigenvalue weighted by Crippen LogP contribution is -2.11. The Kier molecular flexibility index (Phi) is 6.31. The maximum atomic E-state index is 14.6. The second-order valence-electron chi connectivity index (χ2n) is 5.86. The zero-order valence-corrected chi connectivity index (χ0v) is 17.5. The molecule has 1 heterocycles. The summed E-state index contributed by atoms with van der Waals surface area (Å²) < 4.78 is 20.2. The summed E-state index contributed by atoms with van der Waals surface area (Å²) in [5, 5.41) is 18.8. The largest absolute Gasteiger partial charge is 0.506 e. The predicted molar refractivity (Wildman–Crippen MR) is 109 cm³/mol. The third-order valence-electron chi connectivity index (χ3n) is 3.91. The van der Waals surface area contributed by atoms with E-state index in [1.807, 2.05) is 30.3 Å². The quantitative estimate of drug-likeness (QED) is 0.447. The number of hydrogen-bond acceptors (Lipinski definition) is 4. The van der Waals surface area contributed by atoms with E-state index in [1.165, 1.54) is 6.07 Å². The summed E-state index contributed by atoms with van der Waals surface area (Å²) in [4.78, 5) is 15.1. The normalized spacial score (nSPS) is 10.7. The van der Waals surface area contributed by atoms with Crippen LogP contribution in [-0.2, 0) is 11.2 Å². The van der Waals surface area contributed by atoms with Gasteiger partial charge in [-0.15, -0.1) is 0 Å². The minimum atomic E-state index is -1.20. The molecule has 0 amide bonds. The van der Waals surface area contributed by atoms with Gasteiger partial charge in [-0.3, -0.25) is 0 Å². The maximum absolute atomic E-state index is 14.6. The third kappa shape index (κ3) is 4.51. The van der Waals surface area contributed by atoms with E-state index in [-0.39, 0.29) is 22.4 Å². The molecule has 8 heteroatoms. The molecule has 0 radical (unpaired) electrons. The molecule has 144 valence electrons. The van der Waals surface area contributed by atoms with E-state index >= 15 is 0 Å². The lowest BCUT2D eigenvalue weighted by molar-refractivity contribution is -0.139. The molecule has 3 aromatic rings. The fourth-order valence-electron chi connectivity index (χ4n) is 2.60. The first-order chi connectivity index (χ1) is 13.4. The Morgan fingerprint density at radius 3 is 2.54 bits per heavy atom. The van der Waals surface area contributed by atoms with Gasteiger partial charge in [0.05, 0.1) is 4.47 Å². The lowest BCUT2D eigenvalue weighted by atomic mass is 10.1. The van der Waals surface area contributed by atoms with Gasteiger partial charge in [0, 0.05) is 22.2 Å². The summed E-state index contributed by atoms with van der Waals surface area (Å²) in [7, 11) is 0. The molecular formula is C20H14Br2FNO4. The van der Waals surface area contributed by atoms with Crippen molar-refractivity contribution >= 4 is 37.8 Å². The number of aliphatic carboxylic acids is 1. The highest BCUT2D eigenvalue weighted by Gasteiger charge is 2.18. The highest BCUT2D eigenvalue weighted by Crippen LogP contribution is 2.36. The van der Waals surface area contributed by atoms with Crippen molar-refractivity contribution < 1.29 is 24.1 Å².